The standard InChI is InChI=1S/C12H11BrN2O/c1-7-3-4-9-6-10(13)12(14-8(2)16)15-11(9)5-7/h3-6H,1-2H3,(H,14,15,16). The number of rotatable bonds is 1. The van der Waals surface area contributed by atoms with Gasteiger partial charge in [0.05, 0.1) is 9.99 Å². The summed E-state index contributed by atoms with van der Waals surface area (Å²) in [4.78, 5) is 15.4. The molecule has 2 aromatic rings. The van der Waals surface area contributed by atoms with Crippen LogP contribution in [0, 0.1) is 6.92 Å². The normalized spacial score (nSPS) is 10.4. The summed E-state index contributed by atoms with van der Waals surface area (Å²) in [6, 6.07) is 7.99. The first-order chi connectivity index (χ1) is 7.56. The number of anilines is 1. The molecule has 1 heterocycles. The average Bonchev–Trinajstić information content (AvgIpc) is 2.19. The van der Waals surface area contributed by atoms with Crippen molar-refractivity contribution >= 4 is 38.6 Å². The van der Waals surface area contributed by atoms with Crippen LogP contribution in [0.25, 0.3) is 10.9 Å². The maximum Gasteiger partial charge on any atom is 0.222 e. The van der Waals surface area contributed by atoms with Crippen molar-refractivity contribution in [1.29, 1.82) is 0 Å². The monoisotopic (exact) mass is 278 g/mol. The summed E-state index contributed by atoms with van der Waals surface area (Å²) in [7, 11) is 0. The van der Waals surface area contributed by atoms with E-state index in [1.807, 2.05) is 31.2 Å². The molecule has 0 bridgehead atoms. The second kappa shape index (κ2) is 4.22. The van der Waals surface area contributed by atoms with Gasteiger partial charge in [-0.25, -0.2) is 4.98 Å². The number of aromatic nitrogens is 1. The zero-order valence-corrected chi connectivity index (χ0v) is 10.6. The molecule has 82 valence electrons. The molecule has 0 radical (unpaired) electrons. The lowest BCUT2D eigenvalue weighted by molar-refractivity contribution is -0.114. The van der Waals surface area contributed by atoms with Crippen LogP contribution in [0.3, 0.4) is 0 Å². The summed E-state index contributed by atoms with van der Waals surface area (Å²) in [6.07, 6.45) is 0. The van der Waals surface area contributed by atoms with Crippen LogP contribution in [0.5, 0.6) is 0 Å². The van der Waals surface area contributed by atoms with Crippen molar-refractivity contribution in [2.75, 3.05) is 5.32 Å². The van der Waals surface area contributed by atoms with E-state index < -0.39 is 0 Å². The second-order valence-corrected chi connectivity index (χ2v) is 4.55. The average molecular weight is 279 g/mol. The minimum absolute atomic E-state index is 0.125. The topological polar surface area (TPSA) is 42.0 Å². The zero-order valence-electron chi connectivity index (χ0n) is 9.04. The van der Waals surface area contributed by atoms with Crippen LogP contribution in [0.2, 0.25) is 0 Å². The van der Waals surface area contributed by atoms with E-state index in [1.54, 1.807) is 0 Å². The van der Waals surface area contributed by atoms with Gasteiger partial charge in [-0.15, -0.1) is 0 Å². The van der Waals surface area contributed by atoms with Crippen molar-refractivity contribution in [2.45, 2.75) is 13.8 Å². The highest BCUT2D eigenvalue weighted by atomic mass is 79.9. The van der Waals surface area contributed by atoms with Gasteiger partial charge in [0, 0.05) is 12.3 Å². The molecule has 0 unspecified atom stereocenters. The largest absolute Gasteiger partial charge is 0.310 e. The summed E-state index contributed by atoms with van der Waals surface area (Å²) in [5, 5.41) is 3.74. The molecule has 4 heteroatoms. The molecule has 0 saturated heterocycles. The zero-order chi connectivity index (χ0) is 11.7. The molecule has 1 N–H and O–H groups in total. The Kier molecular flexibility index (Phi) is 2.92. The molecular formula is C12H11BrN2O. The minimum Gasteiger partial charge on any atom is -0.310 e. The van der Waals surface area contributed by atoms with Gasteiger partial charge in [-0.1, -0.05) is 12.1 Å². The van der Waals surface area contributed by atoms with Crippen LogP contribution >= 0.6 is 15.9 Å². The number of nitrogens with zero attached hydrogens (tertiary/aromatic N) is 1. The van der Waals surface area contributed by atoms with Crippen LogP contribution in [0.4, 0.5) is 5.82 Å². The summed E-state index contributed by atoms with van der Waals surface area (Å²) < 4.78 is 0.791. The number of carbonyl (C=O) groups excluding carboxylic acids is 1. The molecular weight excluding hydrogens is 268 g/mol. The third-order valence-corrected chi connectivity index (χ3v) is 2.83. The van der Waals surface area contributed by atoms with E-state index >= 15 is 0 Å². The van der Waals surface area contributed by atoms with Crippen LogP contribution < -0.4 is 5.32 Å². The van der Waals surface area contributed by atoms with E-state index in [9.17, 15) is 4.79 Å². The minimum atomic E-state index is -0.125. The van der Waals surface area contributed by atoms with E-state index in [2.05, 4.69) is 26.2 Å². The molecule has 1 aromatic carbocycles. The molecule has 1 aromatic heterocycles. The predicted molar refractivity (Wildman–Crippen MR) is 68.5 cm³/mol. The van der Waals surface area contributed by atoms with Gasteiger partial charge in [-0.3, -0.25) is 4.79 Å². The van der Waals surface area contributed by atoms with Crippen molar-refractivity contribution in [3.05, 3.63) is 34.3 Å². The molecule has 0 spiro atoms. The quantitative estimate of drug-likeness (QED) is 0.870. The highest BCUT2D eigenvalue weighted by molar-refractivity contribution is 9.10. The Bertz CT molecular complexity index is 566. The predicted octanol–water partition coefficient (Wildman–Crippen LogP) is 3.26. The molecule has 3 nitrogen and oxygen atoms in total. The molecule has 2 rings (SSSR count). The molecule has 0 saturated carbocycles. The number of hydrogen-bond acceptors (Lipinski definition) is 2. The van der Waals surface area contributed by atoms with E-state index in [1.165, 1.54) is 6.92 Å². The highest BCUT2D eigenvalue weighted by Crippen LogP contribution is 2.25. The first-order valence-electron chi connectivity index (χ1n) is 4.91. The number of carbonyl (C=O) groups is 1. The van der Waals surface area contributed by atoms with Gasteiger partial charge < -0.3 is 5.32 Å². The Morgan fingerprint density at radius 1 is 1.38 bits per heavy atom. The number of aryl methyl sites for hydroxylation is 1. The number of hydrogen-bond donors (Lipinski definition) is 1. The van der Waals surface area contributed by atoms with Gasteiger partial charge in [-0.2, -0.15) is 0 Å². The molecule has 0 aliphatic heterocycles. The summed E-state index contributed by atoms with van der Waals surface area (Å²) >= 11 is 3.39. The van der Waals surface area contributed by atoms with Gasteiger partial charge in [0.15, 0.2) is 0 Å². The number of halogens is 1. The number of fused-ring (bicyclic) bond motifs is 1. The van der Waals surface area contributed by atoms with Crippen molar-refractivity contribution in [1.82, 2.24) is 4.98 Å². The Labute approximate surface area is 102 Å². The molecule has 0 aliphatic carbocycles. The fourth-order valence-corrected chi connectivity index (χ4v) is 1.94. The Morgan fingerprint density at radius 2 is 2.12 bits per heavy atom. The summed E-state index contributed by atoms with van der Waals surface area (Å²) in [6.45, 7) is 3.48. The fourth-order valence-electron chi connectivity index (χ4n) is 1.51. The van der Waals surface area contributed by atoms with E-state index in [0.29, 0.717) is 5.82 Å². The lowest BCUT2D eigenvalue weighted by Crippen LogP contribution is -2.08. The van der Waals surface area contributed by atoms with Crippen molar-refractivity contribution < 1.29 is 4.79 Å². The third-order valence-electron chi connectivity index (χ3n) is 2.22. The fraction of sp³-hybridized carbons (Fsp3) is 0.167. The van der Waals surface area contributed by atoms with Crippen molar-refractivity contribution in [3.8, 4) is 0 Å². The lowest BCUT2D eigenvalue weighted by atomic mass is 10.1. The van der Waals surface area contributed by atoms with Crippen LogP contribution in [0.15, 0.2) is 28.7 Å². The Hall–Kier alpha value is -1.42. The molecule has 0 atom stereocenters. The van der Waals surface area contributed by atoms with Gasteiger partial charge in [0.2, 0.25) is 5.91 Å². The van der Waals surface area contributed by atoms with Crippen LogP contribution in [0.1, 0.15) is 12.5 Å². The molecule has 1 amide bonds. The number of amides is 1. The Balaban J connectivity index is 2.59. The SMILES string of the molecule is CC(=O)Nc1nc2cc(C)ccc2cc1Br. The summed E-state index contributed by atoms with van der Waals surface area (Å²) in [5.41, 5.74) is 2.03. The van der Waals surface area contributed by atoms with Gasteiger partial charge in [-0.05, 0) is 40.5 Å². The highest BCUT2D eigenvalue weighted by Gasteiger charge is 2.05. The van der Waals surface area contributed by atoms with Gasteiger partial charge in [0.25, 0.3) is 0 Å². The molecule has 0 fully saturated rings. The smallest absolute Gasteiger partial charge is 0.222 e. The maximum atomic E-state index is 11.0. The number of benzene rings is 1. The van der Waals surface area contributed by atoms with Crippen LogP contribution in [-0.4, -0.2) is 10.9 Å². The number of nitrogens with one attached hydrogen (secondary N) is 1. The number of pyridine rings is 1. The second-order valence-electron chi connectivity index (χ2n) is 3.70. The molecule has 0 aliphatic rings. The third kappa shape index (κ3) is 2.22. The van der Waals surface area contributed by atoms with E-state index in [4.69, 9.17) is 0 Å². The Morgan fingerprint density at radius 3 is 2.81 bits per heavy atom. The van der Waals surface area contributed by atoms with Crippen molar-refractivity contribution in [2.24, 2.45) is 0 Å². The first-order valence-corrected chi connectivity index (χ1v) is 5.70. The first kappa shape index (κ1) is 11.1. The maximum absolute atomic E-state index is 11.0. The van der Waals surface area contributed by atoms with Crippen molar-refractivity contribution in [3.63, 3.8) is 0 Å². The molecule has 16 heavy (non-hydrogen) atoms. The summed E-state index contributed by atoms with van der Waals surface area (Å²) in [5.74, 6) is 0.436. The van der Waals surface area contributed by atoms with Gasteiger partial charge in [0.1, 0.15) is 5.82 Å². The lowest BCUT2D eigenvalue weighted by Gasteiger charge is -2.06. The van der Waals surface area contributed by atoms with Gasteiger partial charge >= 0.3 is 0 Å². The van der Waals surface area contributed by atoms with E-state index in [0.717, 1.165) is 20.9 Å². The van der Waals surface area contributed by atoms with E-state index in [-0.39, 0.29) is 5.91 Å². The van der Waals surface area contributed by atoms with Crippen LogP contribution in [-0.2, 0) is 4.79 Å².